The van der Waals surface area contributed by atoms with E-state index in [1.807, 2.05) is 31.3 Å². The third-order valence-corrected chi connectivity index (χ3v) is 8.04. The number of hydrogen-bond acceptors (Lipinski definition) is 7. The number of pyridine rings is 1. The van der Waals surface area contributed by atoms with Crippen LogP contribution in [0.25, 0.3) is 0 Å². The van der Waals surface area contributed by atoms with E-state index in [1.54, 1.807) is 4.57 Å². The highest BCUT2D eigenvalue weighted by Crippen LogP contribution is 2.44. The second-order valence-electron chi connectivity index (χ2n) is 10.5. The number of anilines is 2. The van der Waals surface area contributed by atoms with Gasteiger partial charge in [-0.3, -0.25) is 14.4 Å². The zero-order valence-corrected chi connectivity index (χ0v) is 22.8. The fourth-order valence-corrected chi connectivity index (χ4v) is 5.62. The Balaban J connectivity index is 1.59. The topological polar surface area (TPSA) is 105 Å². The van der Waals surface area contributed by atoms with Gasteiger partial charge in [0.1, 0.15) is 34.4 Å². The van der Waals surface area contributed by atoms with E-state index in [2.05, 4.69) is 27.8 Å². The number of likely N-dealkylation sites (N-methyl/N-ethyl adjacent to an activating group) is 1. The molecule has 216 valence electrons. The molecule has 1 amide bonds. The molecule has 2 aliphatic rings. The van der Waals surface area contributed by atoms with E-state index in [1.165, 1.54) is 13.3 Å². The summed E-state index contributed by atoms with van der Waals surface area (Å²) in [6, 6.07) is 8.34. The molecule has 9 nitrogen and oxygen atoms in total. The van der Waals surface area contributed by atoms with Gasteiger partial charge in [0, 0.05) is 43.0 Å². The Morgan fingerprint density at radius 3 is 2.39 bits per heavy atom. The number of aromatic nitrogens is 1. The lowest BCUT2D eigenvalue weighted by Gasteiger charge is -2.40. The number of aldehydes is 1. The van der Waals surface area contributed by atoms with E-state index in [4.69, 9.17) is 4.74 Å². The predicted molar refractivity (Wildman–Crippen MR) is 147 cm³/mol. The van der Waals surface area contributed by atoms with E-state index in [0.717, 1.165) is 17.8 Å². The molecule has 2 unspecified atom stereocenters. The summed E-state index contributed by atoms with van der Waals surface area (Å²) in [5.41, 5.74) is -0.921. The number of methoxy groups -OCH3 is 1. The van der Waals surface area contributed by atoms with E-state index < -0.39 is 52.6 Å². The Morgan fingerprint density at radius 2 is 1.80 bits per heavy atom. The summed E-state index contributed by atoms with van der Waals surface area (Å²) in [5.74, 6) is -4.73. The molecule has 0 aliphatic carbocycles. The number of rotatable bonds is 6. The molecule has 0 bridgehead atoms. The van der Waals surface area contributed by atoms with Gasteiger partial charge < -0.3 is 30.2 Å². The van der Waals surface area contributed by atoms with Crippen molar-refractivity contribution in [2.24, 2.45) is 0 Å². The van der Waals surface area contributed by atoms with Crippen LogP contribution in [0.15, 0.2) is 47.4 Å². The molecule has 3 aromatic rings. The van der Waals surface area contributed by atoms with Gasteiger partial charge in [-0.15, -0.1) is 0 Å². The summed E-state index contributed by atoms with van der Waals surface area (Å²) in [6.07, 6.45) is 3.23. The molecule has 1 spiro atoms. The first-order chi connectivity index (χ1) is 19.6. The number of ether oxygens (including phenoxy) is 1. The third kappa shape index (κ3) is 5.03. The number of likely N-dealkylation sites (tertiary alicyclic amines) is 1. The first-order valence-electron chi connectivity index (χ1n) is 13.1. The highest BCUT2D eigenvalue weighted by molar-refractivity contribution is 5.95. The molecule has 3 N–H and O–H groups in total. The number of nitrogens with one attached hydrogen (secondary N) is 3. The van der Waals surface area contributed by atoms with Gasteiger partial charge in [0.15, 0.2) is 12.0 Å². The van der Waals surface area contributed by atoms with Crippen LogP contribution < -0.4 is 26.1 Å². The fourth-order valence-electron chi connectivity index (χ4n) is 5.62. The van der Waals surface area contributed by atoms with Gasteiger partial charge in [0.2, 0.25) is 5.43 Å². The first-order valence-corrected chi connectivity index (χ1v) is 13.1. The second-order valence-corrected chi connectivity index (χ2v) is 10.5. The van der Waals surface area contributed by atoms with Crippen LogP contribution in [0.1, 0.15) is 52.2 Å². The number of carbonyl (C=O) groups excluding carboxylic acids is 2. The maximum absolute atomic E-state index is 14.2. The number of hydrogen-bond donors (Lipinski definition) is 3. The van der Waals surface area contributed by atoms with Crippen molar-refractivity contribution in [1.82, 2.24) is 14.8 Å². The maximum atomic E-state index is 14.2. The summed E-state index contributed by atoms with van der Waals surface area (Å²) in [6.45, 7) is 1.88. The number of fused-ring (bicyclic) bond motifs is 1. The Morgan fingerprint density at radius 1 is 1.17 bits per heavy atom. The summed E-state index contributed by atoms with van der Waals surface area (Å²) >= 11 is 0. The molecular weight excluding hydrogens is 539 g/mol. The molecule has 1 fully saturated rings. The quantitative estimate of drug-likeness (QED) is 0.387. The molecule has 12 heteroatoms. The van der Waals surface area contributed by atoms with Crippen molar-refractivity contribution in [3.8, 4) is 5.75 Å². The largest absolute Gasteiger partial charge is 0.491 e. The highest BCUT2D eigenvalue weighted by atomic mass is 19.1. The molecule has 2 aliphatic heterocycles. The zero-order chi connectivity index (χ0) is 29.5. The Labute approximate surface area is 234 Å². The molecular formula is C29H30F3N5O4. The first kappa shape index (κ1) is 28.2. The lowest BCUT2D eigenvalue weighted by atomic mass is 9.94. The van der Waals surface area contributed by atoms with Crippen LogP contribution in [0.2, 0.25) is 0 Å². The number of para-hydroxylation sites is 2. The van der Waals surface area contributed by atoms with Gasteiger partial charge in [-0.25, -0.2) is 13.2 Å². The summed E-state index contributed by atoms with van der Waals surface area (Å²) < 4.78 is 48.6. The molecule has 5 rings (SSSR count). The normalized spacial score (nSPS) is 19.6. The molecule has 0 saturated carbocycles. The van der Waals surface area contributed by atoms with Crippen molar-refractivity contribution in [3.63, 3.8) is 0 Å². The number of amides is 1. The number of nitrogens with zero attached hydrogens (tertiary/aromatic N) is 2. The molecule has 41 heavy (non-hydrogen) atoms. The van der Waals surface area contributed by atoms with Gasteiger partial charge in [0.25, 0.3) is 5.91 Å². The van der Waals surface area contributed by atoms with Crippen LogP contribution in [0.4, 0.5) is 24.5 Å². The minimum Gasteiger partial charge on any atom is -0.491 e. The highest BCUT2D eigenvalue weighted by Gasteiger charge is 2.47. The molecule has 3 heterocycles. The van der Waals surface area contributed by atoms with Crippen molar-refractivity contribution >= 4 is 23.6 Å². The fraction of sp³-hybridized carbons (Fsp3) is 0.345. The minimum atomic E-state index is -1.18. The number of carbonyl (C=O) groups is 2. The predicted octanol–water partition coefficient (Wildman–Crippen LogP) is 3.91. The third-order valence-electron chi connectivity index (χ3n) is 8.04. The van der Waals surface area contributed by atoms with Crippen LogP contribution in [0, 0.1) is 17.5 Å². The van der Waals surface area contributed by atoms with Gasteiger partial charge in [-0.2, -0.15) is 0 Å². The van der Waals surface area contributed by atoms with Crippen LogP contribution in [0.3, 0.4) is 0 Å². The molecule has 2 aromatic carbocycles. The average Bonchev–Trinajstić information content (AvgIpc) is 3.27. The second kappa shape index (κ2) is 10.9. The van der Waals surface area contributed by atoms with Crippen LogP contribution >= 0.6 is 0 Å². The van der Waals surface area contributed by atoms with E-state index >= 15 is 0 Å². The van der Waals surface area contributed by atoms with Crippen molar-refractivity contribution in [2.75, 3.05) is 31.3 Å². The van der Waals surface area contributed by atoms with Crippen molar-refractivity contribution in [3.05, 3.63) is 87.1 Å². The lowest BCUT2D eigenvalue weighted by molar-refractivity contribution is 0.0945. The van der Waals surface area contributed by atoms with Crippen LogP contribution in [-0.2, 0) is 6.54 Å². The molecule has 0 radical (unpaired) electrons. The molecule has 2 atom stereocenters. The van der Waals surface area contributed by atoms with Gasteiger partial charge in [-0.05, 0) is 38.9 Å². The van der Waals surface area contributed by atoms with E-state index in [9.17, 15) is 27.6 Å². The van der Waals surface area contributed by atoms with Crippen molar-refractivity contribution < 1.29 is 27.5 Å². The van der Waals surface area contributed by atoms with E-state index in [0.29, 0.717) is 31.4 Å². The summed E-state index contributed by atoms with van der Waals surface area (Å²) in [5, 5.41) is 9.51. The minimum absolute atomic E-state index is 0.0587. The van der Waals surface area contributed by atoms with Crippen LogP contribution in [-0.4, -0.2) is 54.1 Å². The van der Waals surface area contributed by atoms with Crippen LogP contribution in [0.5, 0.6) is 5.75 Å². The van der Waals surface area contributed by atoms with E-state index in [-0.39, 0.29) is 23.0 Å². The standard InChI is InChI=1S/C29H30F3N5O4/c1-16-8-9-29(34-22-6-4-5-7-23(22)35-29)25(14-36(16)2)37-13-19(26(39)27(41-3)24(37)15-38)28(40)33-12-18-20(31)10-17(30)11-21(18)32/h4-7,10-11,13,15-16,25,34-35H,8-9,12,14H2,1-3H3,(H,33,40). The Kier molecular flexibility index (Phi) is 7.52. The summed E-state index contributed by atoms with van der Waals surface area (Å²) in [7, 11) is 3.18. The number of halogens is 3. The average molecular weight is 570 g/mol. The van der Waals surface area contributed by atoms with Gasteiger partial charge in [0.05, 0.1) is 24.5 Å². The Hall–Kier alpha value is -4.32. The Bertz CT molecular complexity index is 1530. The molecule has 1 saturated heterocycles. The smallest absolute Gasteiger partial charge is 0.257 e. The van der Waals surface area contributed by atoms with Gasteiger partial charge >= 0.3 is 0 Å². The lowest BCUT2D eigenvalue weighted by Crippen LogP contribution is -2.52. The maximum Gasteiger partial charge on any atom is 0.257 e. The molecule has 1 aromatic heterocycles. The SMILES string of the molecule is COc1c(C=O)n(C2CN(C)C(C)CCC23Nc2ccccc2N3)cc(C(=O)NCc2c(F)cc(F)cc2F)c1=O. The van der Waals surface area contributed by atoms with Crippen molar-refractivity contribution in [1.29, 1.82) is 0 Å². The number of benzene rings is 2. The van der Waals surface area contributed by atoms with Crippen molar-refractivity contribution in [2.45, 2.75) is 44.1 Å². The van der Waals surface area contributed by atoms with Gasteiger partial charge in [-0.1, -0.05) is 12.1 Å². The monoisotopic (exact) mass is 569 g/mol. The summed E-state index contributed by atoms with van der Waals surface area (Å²) in [4.78, 5) is 41.2. The zero-order valence-electron chi connectivity index (χ0n) is 22.8.